The predicted octanol–water partition coefficient (Wildman–Crippen LogP) is 0.0790. The lowest BCUT2D eigenvalue weighted by atomic mass is 9.86. The first-order valence-electron chi connectivity index (χ1n) is 11.1. The zero-order chi connectivity index (χ0) is 24.1. The van der Waals surface area contributed by atoms with Gasteiger partial charge in [-0.05, 0) is 29.6 Å². The van der Waals surface area contributed by atoms with E-state index < -0.39 is 39.7 Å². The highest BCUT2D eigenvalue weighted by Gasteiger charge is 2.69. The normalized spacial score (nSPS) is 29.5. The molecule has 0 aromatic carbocycles. The Morgan fingerprint density at radius 1 is 1.22 bits per heavy atom. The van der Waals surface area contributed by atoms with Crippen LogP contribution in [0.5, 0.6) is 0 Å². The lowest BCUT2D eigenvalue weighted by molar-refractivity contribution is -0.143. The third kappa shape index (κ3) is 4.64. The Bertz CT molecular complexity index is 901. The van der Waals surface area contributed by atoms with E-state index in [0.29, 0.717) is 19.8 Å². The molecule has 5 atom stereocenters. The van der Waals surface area contributed by atoms with Gasteiger partial charge in [-0.2, -0.15) is 22.7 Å². The number of likely N-dealkylation sites (tertiary alicyclic amines) is 1. The fourth-order valence-corrected chi connectivity index (χ4v) is 6.45. The summed E-state index contributed by atoms with van der Waals surface area (Å²) in [7, 11) is -3.91. The van der Waals surface area contributed by atoms with Crippen LogP contribution in [0.1, 0.15) is 41.5 Å². The highest BCUT2D eigenvalue weighted by atomic mass is 32.2. The summed E-state index contributed by atoms with van der Waals surface area (Å²) < 4.78 is 35.2. The number of nitrogens with one attached hydrogen (secondary N) is 2. The molecule has 3 aliphatic rings. The summed E-state index contributed by atoms with van der Waals surface area (Å²) in [4.78, 5) is 28.3. The van der Waals surface area contributed by atoms with Crippen molar-refractivity contribution < 1.29 is 22.7 Å². The van der Waals surface area contributed by atoms with Crippen LogP contribution in [0.25, 0.3) is 0 Å². The molecule has 2 heterocycles. The highest BCUT2D eigenvalue weighted by Crippen LogP contribution is 2.65. The number of piperidine rings is 1. The zero-order valence-corrected chi connectivity index (χ0v) is 20.5. The molecule has 2 amide bonds. The second kappa shape index (κ2) is 8.56. The molecule has 2 N–H and O–H groups in total. The van der Waals surface area contributed by atoms with Crippen molar-refractivity contribution in [3.8, 4) is 6.07 Å². The number of amides is 2. The molecule has 32 heavy (non-hydrogen) atoms. The van der Waals surface area contributed by atoms with Gasteiger partial charge in [0, 0.05) is 19.6 Å². The van der Waals surface area contributed by atoms with Crippen molar-refractivity contribution in [2.45, 2.75) is 59.7 Å². The predicted molar refractivity (Wildman–Crippen MR) is 117 cm³/mol. The summed E-state index contributed by atoms with van der Waals surface area (Å²) in [6.07, 6.45) is 0. The number of carbonyl (C=O) groups is 2. The highest BCUT2D eigenvalue weighted by molar-refractivity contribution is 7.87. The van der Waals surface area contributed by atoms with E-state index >= 15 is 0 Å². The first-order valence-corrected chi connectivity index (χ1v) is 12.5. The maximum absolute atomic E-state index is 13.7. The number of rotatable bonds is 6. The Balaban J connectivity index is 1.85. The maximum atomic E-state index is 13.7. The molecule has 1 aliphatic carbocycles. The van der Waals surface area contributed by atoms with Crippen molar-refractivity contribution >= 4 is 22.0 Å². The second-order valence-corrected chi connectivity index (χ2v) is 12.4. The number of hydrogen-bond acceptors (Lipinski definition) is 6. The van der Waals surface area contributed by atoms with Crippen LogP contribution in [0.3, 0.4) is 0 Å². The summed E-state index contributed by atoms with van der Waals surface area (Å²) in [6.45, 7) is 12.6. The van der Waals surface area contributed by atoms with Gasteiger partial charge in [0.15, 0.2) is 0 Å². The van der Waals surface area contributed by atoms with Gasteiger partial charge in [0.1, 0.15) is 18.1 Å². The minimum atomic E-state index is -3.91. The summed E-state index contributed by atoms with van der Waals surface area (Å²) in [5.41, 5.74) is -0.807. The van der Waals surface area contributed by atoms with Crippen LogP contribution in [0.4, 0.5) is 0 Å². The number of carbonyl (C=O) groups excluding carboxylic acids is 2. The van der Waals surface area contributed by atoms with Crippen molar-refractivity contribution in [2.24, 2.45) is 22.7 Å². The number of nitrogens with zero attached hydrogens (tertiary/aromatic N) is 3. The molecular formula is C21H35N5O5S. The molecule has 0 aromatic rings. The average Bonchev–Trinajstić information content (AvgIpc) is 3.04. The number of ether oxygens (including phenoxy) is 1. The molecule has 0 spiro atoms. The summed E-state index contributed by atoms with van der Waals surface area (Å²) in [6, 6.07) is -0.466. The molecule has 1 unspecified atom stereocenters. The monoisotopic (exact) mass is 469 g/mol. The third-order valence-corrected chi connectivity index (χ3v) is 8.58. The van der Waals surface area contributed by atoms with Crippen molar-refractivity contribution in [3.63, 3.8) is 0 Å². The molecular weight excluding hydrogens is 434 g/mol. The largest absolute Gasteiger partial charge is 0.379 e. The van der Waals surface area contributed by atoms with E-state index in [4.69, 9.17) is 10.00 Å². The number of nitriles is 1. The summed E-state index contributed by atoms with van der Waals surface area (Å²) >= 11 is 0. The van der Waals surface area contributed by atoms with Crippen LogP contribution in [-0.4, -0.2) is 80.4 Å². The van der Waals surface area contributed by atoms with Gasteiger partial charge in [-0.15, -0.1) is 0 Å². The number of fused-ring (bicyclic) bond motifs is 1. The van der Waals surface area contributed by atoms with Crippen LogP contribution in [0.2, 0.25) is 0 Å². The Morgan fingerprint density at radius 3 is 2.34 bits per heavy atom. The van der Waals surface area contributed by atoms with E-state index in [-0.39, 0.29) is 36.2 Å². The van der Waals surface area contributed by atoms with Crippen molar-refractivity contribution in [2.75, 3.05) is 32.8 Å². The standard InChI is InChI=1S/C21H35N5O5S/c1-13(11-22)23-18(27)16-15-14(21(15,5)6)12-26(16)19(28)17(20(2,3)4)24-32(29,30)25-7-9-31-10-8-25/h13-17,24H,7-10,12H2,1-6H3,(H,23,27)/t13-,14?,15-,16-,17+/m0/s1. The van der Waals surface area contributed by atoms with Gasteiger partial charge in [0.05, 0.1) is 19.3 Å². The van der Waals surface area contributed by atoms with Crippen molar-refractivity contribution in [1.29, 1.82) is 5.26 Å². The third-order valence-electron chi connectivity index (χ3n) is 7.00. The first kappa shape index (κ1) is 24.9. The fourth-order valence-electron chi connectivity index (χ4n) is 4.92. The molecule has 0 aromatic heterocycles. The molecule has 10 nitrogen and oxygen atoms in total. The number of morpholine rings is 1. The van der Waals surface area contributed by atoms with E-state index in [9.17, 15) is 18.0 Å². The molecule has 1 saturated carbocycles. The molecule has 0 radical (unpaired) electrons. The minimum Gasteiger partial charge on any atom is -0.379 e. The van der Waals surface area contributed by atoms with Crippen LogP contribution < -0.4 is 10.0 Å². The van der Waals surface area contributed by atoms with Gasteiger partial charge in [0.2, 0.25) is 11.8 Å². The molecule has 2 aliphatic heterocycles. The Morgan fingerprint density at radius 2 is 1.81 bits per heavy atom. The Hall–Kier alpha value is -1.74. The second-order valence-electron chi connectivity index (χ2n) is 10.7. The Labute approximate surface area is 190 Å². The van der Waals surface area contributed by atoms with Gasteiger partial charge in [-0.1, -0.05) is 34.6 Å². The summed E-state index contributed by atoms with van der Waals surface area (Å²) in [5, 5.41) is 11.8. The van der Waals surface area contributed by atoms with Crippen molar-refractivity contribution in [3.05, 3.63) is 0 Å². The smallest absolute Gasteiger partial charge is 0.280 e. The van der Waals surface area contributed by atoms with Crippen LogP contribution in [0.15, 0.2) is 0 Å². The topological polar surface area (TPSA) is 132 Å². The van der Waals surface area contributed by atoms with Gasteiger partial charge in [0.25, 0.3) is 10.2 Å². The average molecular weight is 470 g/mol. The maximum Gasteiger partial charge on any atom is 0.280 e. The fraction of sp³-hybridized carbons (Fsp3) is 0.857. The van der Waals surface area contributed by atoms with E-state index in [1.165, 1.54) is 9.21 Å². The van der Waals surface area contributed by atoms with Gasteiger partial charge in [-0.3, -0.25) is 9.59 Å². The van der Waals surface area contributed by atoms with E-state index in [1.807, 2.05) is 6.07 Å². The molecule has 3 fully saturated rings. The first-order chi connectivity index (χ1) is 14.7. The van der Waals surface area contributed by atoms with Crippen LogP contribution in [-0.2, 0) is 24.5 Å². The zero-order valence-electron chi connectivity index (χ0n) is 19.7. The minimum absolute atomic E-state index is 0.0196. The quantitative estimate of drug-likeness (QED) is 0.566. The summed E-state index contributed by atoms with van der Waals surface area (Å²) in [5.74, 6) is -0.638. The van der Waals surface area contributed by atoms with Crippen LogP contribution >= 0.6 is 0 Å². The SMILES string of the molecule is C[C@@H](C#N)NC(=O)[C@@H]1[C@@H]2C(CN1C(=O)[C@@H](NS(=O)(=O)N1CCOCC1)C(C)(C)C)C2(C)C. The van der Waals surface area contributed by atoms with Gasteiger partial charge in [-0.25, -0.2) is 0 Å². The number of hydrogen-bond donors (Lipinski definition) is 2. The molecule has 0 bridgehead atoms. The Kier molecular flexibility index (Phi) is 6.66. The van der Waals surface area contributed by atoms with Gasteiger partial charge >= 0.3 is 0 Å². The van der Waals surface area contributed by atoms with Crippen molar-refractivity contribution in [1.82, 2.24) is 19.2 Å². The van der Waals surface area contributed by atoms with E-state index in [1.54, 1.807) is 27.7 Å². The van der Waals surface area contributed by atoms with Crippen LogP contribution in [0, 0.1) is 34.0 Å². The lowest BCUT2D eigenvalue weighted by Gasteiger charge is -2.38. The lowest BCUT2D eigenvalue weighted by Crippen LogP contribution is -2.61. The molecule has 2 saturated heterocycles. The molecule has 180 valence electrons. The molecule has 11 heteroatoms. The van der Waals surface area contributed by atoms with E-state index in [0.717, 1.165) is 0 Å². The van der Waals surface area contributed by atoms with E-state index in [2.05, 4.69) is 23.9 Å². The van der Waals surface area contributed by atoms with Gasteiger partial charge < -0.3 is 15.0 Å². The molecule has 3 rings (SSSR count).